The van der Waals surface area contributed by atoms with Gasteiger partial charge < -0.3 is 5.11 Å². The molecule has 0 saturated heterocycles. The average molecular weight is 218 g/mol. The number of rotatable bonds is 2. The molecule has 0 aliphatic rings. The quantitative estimate of drug-likeness (QED) is 0.813. The lowest BCUT2D eigenvalue weighted by Crippen LogP contribution is -2.06. The molecule has 16 heavy (non-hydrogen) atoms. The molecule has 0 aromatic carbocycles. The summed E-state index contributed by atoms with van der Waals surface area (Å²) in [5, 5.41) is 22.3. The largest absolute Gasteiger partial charge is 0.382 e. The topological polar surface area (TPSA) is 63.8 Å². The molecule has 1 N–H and O–H groups in total. The fourth-order valence-electron chi connectivity index (χ4n) is 1.58. The van der Waals surface area contributed by atoms with Crippen LogP contribution in [0.4, 0.5) is 0 Å². The summed E-state index contributed by atoms with van der Waals surface area (Å²) in [4.78, 5) is 0. The fourth-order valence-corrected chi connectivity index (χ4v) is 1.58. The van der Waals surface area contributed by atoms with E-state index in [4.69, 9.17) is 0 Å². The van der Waals surface area contributed by atoms with Crippen LogP contribution in [0, 0.1) is 13.8 Å². The van der Waals surface area contributed by atoms with Gasteiger partial charge in [0.05, 0.1) is 17.1 Å². The molecule has 0 amide bonds. The molecular weight excluding hydrogens is 204 g/mol. The van der Waals surface area contributed by atoms with E-state index >= 15 is 0 Å². The predicted molar refractivity (Wildman–Crippen MR) is 58.8 cm³/mol. The van der Waals surface area contributed by atoms with Crippen molar-refractivity contribution in [2.24, 2.45) is 7.05 Å². The first kappa shape index (κ1) is 10.8. The molecular formula is C11H14N4O. The summed E-state index contributed by atoms with van der Waals surface area (Å²) >= 11 is 0. The van der Waals surface area contributed by atoms with Gasteiger partial charge in [-0.2, -0.15) is 15.3 Å². The van der Waals surface area contributed by atoms with Gasteiger partial charge in [-0.15, -0.1) is 0 Å². The average Bonchev–Trinajstić information content (AvgIpc) is 2.67. The molecule has 0 fully saturated rings. The lowest BCUT2D eigenvalue weighted by atomic mass is 10.1. The van der Waals surface area contributed by atoms with E-state index in [0.29, 0.717) is 5.69 Å². The van der Waals surface area contributed by atoms with Gasteiger partial charge in [-0.25, -0.2) is 0 Å². The minimum Gasteiger partial charge on any atom is -0.382 e. The van der Waals surface area contributed by atoms with Crippen LogP contribution >= 0.6 is 0 Å². The van der Waals surface area contributed by atoms with Gasteiger partial charge in [-0.05, 0) is 26.0 Å². The third kappa shape index (κ3) is 1.94. The van der Waals surface area contributed by atoms with Crippen molar-refractivity contribution in [2.75, 3.05) is 0 Å². The van der Waals surface area contributed by atoms with Crippen LogP contribution in [0.25, 0.3) is 0 Å². The number of aliphatic hydroxyl groups is 1. The summed E-state index contributed by atoms with van der Waals surface area (Å²) in [6.45, 7) is 3.68. The molecule has 0 radical (unpaired) electrons. The van der Waals surface area contributed by atoms with E-state index in [-0.39, 0.29) is 0 Å². The summed E-state index contributed by atoms with van der Waals surface area (Å²) in [6, 6.07) is 3.63. The Morgan fingerprint density at radius 2 is 2.06 bits per heavy atom. The molecule has 2 heterocycles. The van der Waals surface area contributed by atoms with Gasteiger partial charge in [0, 0.05) is 18.8 Å². The van der Waals surface area contributed by atoms with Gasteiger partial charge >= 0.3 is 0 Å². The maximum Gasteiger partial charge on any atom is 0.125 e. The zero-order chi connectivity index (χ0) is 11.7. The Morgan fingerprint density at radius 3 is 2.69 bits per heavy atom. The van der Waals surface area contributed by atoms with Crippen LogP contribution in [-0.2, 0) is 7.05 Å². The van der Waals surface area contributed by atoms with Gasteiger partial charge in [-0.3, -0.25) is 4.68 Å². The molecule has 5 heteroatoms. The molecule has 1 unspecified atom stereocenters. The monoisotopic (exact) mass is 218 g/mol. The van der Waals surface area contributed by atoms with E-state index in [2.05, 4.69) is 15.3 Å². The van der Waals surface area contributed by atoms with Crippen LogP contribution in [0.15, 0.2) is 18.3 Å². The molecule has 2 aromatic rings. The van der Waals surface area contributed by atoms with Crippen molar-refractivity contribution >= 4 is 0 Å². The molecule has 0 saturated carbocycles. The maximum atomic E-state index is 10.2. The first-order valence-corrected chi connectivity index (χ1v) is 5.06. The van der Waals surface area contributed by atoms with Gasteiger partial charge in [-0.1, -0.05) is 0 Å². The number of aromatic nitrogens is 4. The van der Waals surface area contributed by atoms with Crippen molar-refractivity contribution in [1.29, 1.82) is 0 Å². The summed E-state index contributed by atoms with van der Waals surface area (Å²) in [5.41, 5.74) is 2.89. The van der Waals surface area contributed by atoms with E-state index in [0.717, 1.165) is 17.0 Å². The van der Waals surface area contributed by atoms with E-state index in [9.17, 15) is 5.11 Å². The Labute approximate surface area is 93.8 Å². The minimum absolute atomic E-state index is 0.623. The fraction of sp³-hybridized carbons (Fsp3) is 0.364. The highest BCUT2D eigenvalue weighted by atomic mass is 16.3. The number of nitrogens with zero attached hydrogens (tertiary/aromatic N) is 4. The van der Waals surface area contributed by atoms with Crippen LogP contribution in [-0.4, -0.2) is 25.1 Å². The Morgan fingerprint density at radius 1 is 1.31 bits per heavy atom. The molecule has 84 valence electrons. The summed E-state index contributed by atoms with van der Waals surface area (Å²) in [7, 11) is 1.82. The zero-order valence-corrected chi connectivity index (χ0v) is 9.55. The van der Waals surface area contributed by atoms with Crippen LogP contribution in [0.3, 0.4) is 0 Å². The molecule has 0 spiro atoms. The van der Waals surface area contributed by atoms with Gasteiger partial charge in [0.1, 0.15) is 6.10 Å². The van der Waals surface area contributed by atoms with Crippen LogP contribution in [0.1, 0.15) is 28.7 Å². The lowest BCUT2D eigenvalue weighted by molar-refractivity contribution is 0.212. The summed E-state index contributed by atoms with van der Waals surface area (Å²) in [5.74, 6) is 0. The van der Waals surface area contributed by atoms with Crippen molar-refractivity contribution in [3.05, 3.63) is 41.0 Å². The number of aryl methyl sites for hydroxylation is 3. The summed E-state index contributed by atoms with van der Waals surface area (Å²) in [6.07, 6.45) is 1.06. The molecule has 1 atom stereocenters. The van der Waals surface area contributed by atoms with E-state index < -0.39 is 6.10 Å². The lowest BCUT2D eigenvalue weighted by Gasteiger charge is -2.10. The van der Waals surface area contributed by atoms with Crippen LogP contribution in [0.5, 0.6) is 0 Å². The third-order valence-electron chi connectivity index (χ3n) is 2.45. The molecule has 2 aromatic heterocycles. The first-order valence-electron chi connectivity index (χ1n) is 5.06. The minimum atomic E-state index is -0.740. The Bertz CT molecular complexity index is 506. The smallest absolute Gasteiger partial charge is 0.125 e. The second-order valence-electron chi connectivity index (χ2n) is 3.84. The van der Waals surface area contributed by atoms with Crippen molar-refractivity contribution < 1.29 is 5.11 Å². The van der Waals surface area contributed by atoms with Crippen molar-refractivity contribution in [2.45, 2.75) is 20.0 Å². The van der Waals surface area contributed by atoms with E-state index in [1.807, 2.05) is 27.0 Å². The normalized spacial score (nSPS) is 12.8. The van der Waals surface area contributed by atoms with Crippen LogP contribution in [0.2, 0.25) is 0 Å². The van der Waals surface area contributed by atoms with Crippen LogP contribution < -0.4 is 0 Å². The first-order chi connectivity index (χ1) is 7.58. The predicted octanol–water partition coefficient (Wildman–Crippen LogP) is 0.909. The van der Waals surface area contributed by atoms with Gasteiger partial charge in [0.15, 0.2) is 0 Å². The number of aliphatic hydroxyl groups excluding tert-OH is 1. The highest BCUT2D eigenvalue weighted by molar-refractivity contribution is 5.28. The van der Waals surface area contributed by atoms with Crippen molar-refractivity contribution in [3.63, 3.8) is 0 Å². The van der Waals surface area contributed by atoms with Gasteiger partial charge in [0.25, 0.3) is 0 Å². The van der Waals surface area contributed by atoms with E-state index in [1.165, 1.54) is 0 Å². The third-order valence-corrected chi connectivity index (χ3v) is 2.45. The maximum absolute atomic E-state index is 10.2. The Balaban J connectivity index is 2.40. The van der Waals surface area contributed by atoms with Crippen molar-refractivity contribution in [3.8, 4) is 0 Å². The number of hydrogen-bond acceptors (Lipinski definition) is 4. The second-order valence-corrected chi connectivity index (χ2v) is 3.84. The highest BCUT2D eigenvalue weighted by Crippen LogP contribution is 2.22. The molecule has 0 aliphatic carbocycles. The Kier molecular flexibility index (Phi) is 2.70. The van der Waals surface area contributed by atoms with Gasteiger partial charge in [0.2, 0.25) is 0 Å². The molecule has 2 rings (SSSR count). The molecule has 0 aliphatic heterocycles. The summed E-state index contributed by atoms with van der Waals surface area (Å²) < 4.78 is 1.66. The highest BCUT2D eigenvalue weighted by Gasteiger charge is 2.16. The zero-order valence-electron chi connectivity index (χ0n) is 9.55. The SMILES string of the molecule is Cc1cc(C(O)c2ccn(C)n2)c(C)nn1. The Hall–Kier alpha value is -1.75. The second kappa shape index (κ2) is 4.02. The molecule has 0 bridgehead atoms. The number of hydrogen-bond donors (Lipinski definition) is 1. The van der Waals surface area contributed by atoms with Crippen molar-refractivity contribution in [1.82, 2.24) is 20.0 Å². The molecule has 5 nitrogen and oxygen atoms in total. The van der Waals surface area contributed by atoms with E-state index in [1.54, 1.807) is 16.9 Å². The standard InChI is InChI=1S/C11H14N4O/c1-7-6-9(8(2)13-12-7)11(16)10-4-5-15(3)14-10/h4-6,11,16H,1-3H3.